The quantitative estimate of drug-likeness (QED) is 0.793. The molecule has 116 valence electrons. The van der Waals surface area contributed by atoms with Crippen LogP contribution in [0.1, 0.15) is 6.42 Å². The van der Waals surface area contributed by atoms with Gasteiger partial charge in [0, 0.05) is 38.9 Å². The molecule has 0 spiro atoms. The van der Waals surface area contributed by atoms with Gasteiger partial charge in [0.15, 0.2) is 0 Å². The Bertz CT molecular complexity index is 579. The maximum absolute atomic E-state index is 9.04. The van der Waals surface area contributed by atoms with E-state index in [2.05, 4.69) is 27.9 Å². The van der Waals surface area contributed by atoms with Crippen molar-refractivity contribution in [2.24, 2.45) is 22.6 Å². The van der Waals surface area contributed by atoms with Crippen LogP contribution in [0.4, 0.5) is 0 Å². The summed E-state index contributed by atoms with van der Waals surface area (Å²) in [6.45, 7) is 5.61. The third-order valence-corrected chi connectivity index (χ3v) is 4.71. The lowest BCUT2D eigenvalue weighted by molar-refractivity contribution is 0.305. The van der Waals surface area contributed by atoms with Gasteiger partial charge in [0.2, 0.25) is 0 Å². The van der Waals surface area contributed by atoms with Gasteiger partial charge in [-0.3, -0.25) is 9.89 Å². The minimum Gasteiger partial charge on any atom is -0.397 e. The molecule has 2 fully saturated rings. The molecule has 5 heteroatoms. The van der Waals surface area contributed by atoms with Gasteiger partial charge in [0.05, 0.1) is 23.0 Å². The predicted molar refractivity (Wildman–Crippen MR) is 88.1 cm³/mol. The van der Waals surface area contributed by atoms with E-state index in [1.54, 1.807) is 6.08 Å². The van der Waals surface area contributed by atoms with Crippen LogP contribution < -0.4 is 5.73 Å². The zero-order chi connectivity index (χ0) is 15.5. The van der Waals surface area contributed by atoms with Crippen LogP contribution >= 0.6 is 0 Å². The van der Waals surface area contributed by atoms with Crippen molar-refractivity contribution in [3.8, 4) is 6.07 Å². The number of allylic oxidation sites excluding steroid dienone is 4. The topological polar surface area (TPSA) is 68.6 Å². The first kappa shape index (κ1) is 15.0. The lowest BCUT2D eigenvalue weighted by atomic mass is 10.0. The molecule has 0 aromatic carbocycles. The summed E-state index contributed by atoms with van der Waals surface area (Å²) in [6, 6.07) is 2.16. The zero-order valence-corrected chi connectivity index (χ0v) is 13.1. The molecule has 2 saturated heterocycles. The molecule has 22 heavy (non-hydrogen) atoms. The SMILES string of the molecule is CN1CC2CN(CC=NC3=CC(C#N)=CCC=C3N)CC2C1. The molecule has 0 radical (unpaired) electrons. The van der Waals surface area contributed by atoms with Crippen LogP contribution in [0.25, 0.3) is 0 Å². The number of nitrogens with two attached hydrogens (primary N) is 1. The fourth-order valence-corrected chi connectivity index (χ4v) is 3.63. The highest BCUT2D eigenvalue weighted by atomic mass is 15.2. The highest BCUT2D eigenvalue weighted by Gasteiger charge is 2.37. The fraction of sp³-hybridized carbons (Fsp3) is 0.529. The summed E-state index contributed by atoms with van der Waals surface area (Å²) in [5.74, 6) is 1.63. The standard InChI is InChI=1S/C17H23N5/c1-21-9-14-11-22(12-15(14)10-21)6-5-20-17-7-13(8-18)3-2-4-16(17)19/h3-5,7,14-15H,2,6,9-12,19H2,1H3. The first-order valence-electron chi connectivity index (χ1n) is 7.87. The third-order valence-electron chi connectivity index (χ3n) is 4.71. The van der Waals surface area contributed by atoms with E-state index in [1.165, 1.54) is 13.1 Å². The maximum atomic E-state index is 9.04. The minimum atomic E-state index is 0.627. The van der Waals surface area contributed by atoms with E-state index in [0.29, 0.717) is 23.4 Å². The number of likely N-dealkylation sites (tertiary alicyclic amines) is 2. The molecule has 2 atom stereocenters. The molecule has 2 aliphatic heterocycles. The average molecular weight is 297 g/mol. The smallest absolute Gasteiger partial charge is 0.0989 e. The normalized spacial score (nSPS) is 29.7. The molecular formula is C17H23N5. The van der Waals surface area contributed by atoms with Gasteiger partial charge in [-0.2, -0.15) is 5.26 Å². The number of hydrogen-bond acceptors (Lipinski definition) is 5. The van der Waals surface area contributed by atoms with E-state index < -0.39 is 0 Å². The van der Waals surface area contributed by atoms with Crippen molar-refractivity contribution < 1.29 is 0 Å². The molecule has 1 aliphatic carbocycles. The zero-order valence-electron chi connectivity index (χ0n) is 13.1. The number of hydrogen-bond donors (Lipinski definition) is 1. The highest BCUT2D eigenvalue weighted by Crippen LogP contribution is 2.29. The fourth-order valence-electron chi connectivity index (χ4n) is 3.63. The van der Waals surface area contributed by atoms with Gasteiger partial charge in [-0.25, -0.2) is 0 Å². The minimum absolute atomic E-state index is 0.627. The van der Waals surface area contributed by atoms with E-state index in [1.807, 2.05) is 18.4 Å². The molecule has 0 saturated carbocycles. The predicted octanol–water partition coefficient (Wildman–Crippen LogP) is 1.13. The number of rotatable bonds is 3. The van der Waals surface area contributed by atoms with Crippen LogP contribution in [-0.4, -0.2) is 55.8 Å². The summed E-state index contributed by atoms with van der Waals surface area (Å²) < 4.78 is 0. The summed E-state index contributed by atoms with van der Waals surface area (Å²) in [6.07, 6.45) is 8.16. The van der Waals surface area contributed by atoms with Crippen LogP contribution in [-0.2, 0) is 0 Å². The number of nitriles is 1. The Morgan fingerprint density at radius 1 is 1.32 bits per heavy atom. The number of fused-ring (bicyclic) bond motifs is 1. The van der Waals surface area contributed by atoms with Gasteiger partial charge in [-0.15, -0.1) is 0 Å². The largest absolute Gasteiger partial charge is 0.397 e. The summed E-state index contributed by atoms with van der Waals surface area (Å²) in [7, 11) is 2.21. The van der Waals surface area contributed by atoms with E-state index in [-0.39, 0.29) is 0 Å². The second-order valence-electron chi connectivity index (χ2n) is 6.47. The Labute approximate surface area is 132 Å². The Morgan fingerprint density at radius 2 is 2.05 bits per heavy atom. The maximum Gasteiger partial charge on any atom is 0.0989 e. The monoisotopic (exact) mass is 297 g/mol. The van der Waals surface area contributed by atoms with Gasteiger partial charge < -0.3 is 10.6 Å². The molecule has 3 rings (SSSR count). The van der Waals surface area contributed by atoms with Crippen LogP contribution in [0.2, 0.25) is 0 Å². The second-order valence-corrected chi connectivity index (χ2v) is 6.47. The Kier molecular flexibility index (Phi) is 4.41. The van der Waals surface area contributed by atoms with Crippen LogP contribution in [0.15, 0.2) is 40.2 Å². The molecule has 0 amide bonds. The Balaban J connectivity index is 1.57. The second kappa shape index (κ2) is 6.47. The molecule has 5 nitrogen and oxygen atoms in total. The van der Waals surface area contributed by atoms with Gasteiger partial charge in [-0.05, 0) is 31.4 Å². The first-order chi connectivity index (χ1) is 10.7. The Hall–Kier alpha value is -1.90. The molecule has 0 bridgehead atoms. The molecule has 2 unspecified atom stereocenters. The molecule has 2 N–H and O–H groups in total. The molecule has 0 aromatic heterocycles. The first-order valence-corrected chi connectivity index (χ1v) is 7.87. The number of nitrogens with zero attached hydrogens (tertiary/aromatic N) is 4. The van der Waals surface area contributed by atoms with Crippen LogP contribution in [0.3, 0.4) is 0 Å². The van der Waals surface area contributed by atoms with Crippen molar-refractivity contribution in [2.75, 3.05) is 39.8 Å². The Morgan fingerprint density at radius 3 is 2.73 bits per heavy atom. The lowest BCUT2D eigenvalue weighted by Gasteiger charge is -2.16. The highest BCUT2D eigenvalue weighted by molar-refractivity contribution is 5.63. The number of aliphatic imine (C=N–C) groups is 1. The summed E-state index contributed by atoms with van der Waals surface area (Å²) in [5.41, 5.74) is 7.97. The molecular weight excluding hydrogens is 274 g/mol. The van der Waals surface area contributed by atoms with E-state index in [4.69, 9.17) is 11.0 Å². The van der Waals surface area contributed by atoms with E-state index in [9.17, 15) is 0 Å². The molecule has 3 aliphatic rings. The summed E-state index contributed by atoms with van der Waals surface area (Å²) in [5, 5.41) is 9.04. The molecule has 2 heterocycles. The van der Waals surface area contributed by atoms with Crippen molar-refractivity contribution in [1.29, 1.82) is 5.26 Å². The van der Waals surface area contributed by atoms with Crippen LogP contribution in [0.5, 0.6) is 0 Å². The van der Waals surface area contributed by atoms with Crippen molar-refractivity contribution in [1.82, 2.24) is 9.80 Å². The van der Waals surface area contributed by atoms with Crippen molar-refractivity contribution in [3.63, 3.8) is 0 Å². The molecule has 0 aromatic rings. The van der Waals surface area contributed by atoms with Gasteiger partial charge >= 0.3 is 0 Å². The van der Waals surface area contributed by atoms with Crippen LogP contribution in [0, 0.1) is 23.2 Å². The summed E-state index contributed by atoms with van der Waals surface area (Å²) in [4.78, 5) is 9.38. The van der Waals surface area contributed by atoms with Gasteiger partial charge in [0.25, 0.3) is 0 Å². The van der Waals surface area contributed by atoms with Crippen molar-refractivity contribution in [3.05, 3.63) is 35.2 Å². The van der Waals surface area contributed by atoms with E-state index >= 15 is 0 Å². The van der Waals surface area contributed by atoms with Crippen molar-refractivity contribution >= 4 is 6.21 Å². The van der Waals surface area contributed by atoms with E-state index in [0.717, 1.165) is 31.5 Å². The van der Waals surface area contributed by atoms with Gasteiger partial charge in [0.1, 0.15) is 0 Å². The average Bonchev–Trinajstić information content (AvgIpc) is 2.94. The lowest BCUT2D eigenvalue weighted by Crippen LogP contribution is -2.28. The van der Waals surface area contributed by atoms with Gasteiger partial charge in [-0.1, -0.05) is 12.2 Å². The summed E-state index contributed by atoms with van der Waals surface area (Å²) >= 11 is 0. The van der Waals surface area contributed by atoms with Crippen molar-refractivity contribution in [2.45, 2.75) is 6.42 Å². The third kappa shape index (κ3) is 3.29.